The Morgan fingerprint density at radius 2 is 0.524 bits per heavy atom. The Labute approximate surface area is 490 Å². The Morgan fingerprint density at radius 3 is 0.786 bits per heavy atom. The third kappa shape index (κ3) is 9.30. The number of benzene rings is 11. The average Bonchev–Trinajstić information content (AvgIpc) is 2.06. The molecular weight excluding hydrogens is 1020 g/mol. The summed E-state index contributed by atoms with van der Waals surface area (Å²) in [6.45, 7) is 17.3. The summed E-state index contributed by atoms with van der Waals surface area (Å²) in [5.74, 6) is 1.59. The van der Waals surface area contributed by atoms with Crippen LogP contribution in [0.4, 0.5) is 0 Å². The number of aryl methyl sites for hydroxylation is 8. The smallest absolute Gasteiger partial charge is 0.164 e. The highest BCUT2D eigenvalue weighted by molar-refractivity contribution is 6.14. The summed E-state index contributed by atoms with van der Waals surface area (Å²) in [4.78, 5) is 15.9. The summed E-state index contributed by atoms with van der Waals surface area (Å²) in [7, 11) is 0. The molecule has 6 heteroatoms. The molecule has 402 valence electrons. The van der Waals surface area contributed by atoms with Crippen molar-refractivity contribution >= 4 is 43.6 Å². The topological polar surface area (TPSA) is 72.3 Å². The zero-order valence-electron chi connectivity index (χ0n) is 48.5. The van der Waals surface area contributed by atoms with Crippen molar-refractivity contribution in [1.82, 2.24) is 24.1 Å². The van der Waals surface area contributed by atoms with Crippen molar-refractivity contribution in [2.75, 3.05) is 0 Å². The van der Waals surface area contributed by atoms with Crippen LogP contribution in [-0.2, 0) is 0 Å². The van der Waals surface area contributed by atoms with E-state index in [1.807, 2.05) is 60.7 Å². The molecule has 14 aromatic rings. The first kappa shape index (κ1) is 51.7. The largest absolute Gasteiger partial charge is 0.308 e. The summed E-state index contributed by atoms with van der Waals surface area (Å²) in [5, 5.41) is 16.5. The minimum absolute atomic E-state index is 0.486. The average molecular weight is 1080 g/mol. The lowest BCUT2D eigenvalue weighted by Crippen LogP contribution is -2.07. The predicted octanol–water partition coefficient (Wildman–Crippen LogP) is 20.1. The van der Waals surface area contributed by atoms with Gasteiger partial charge in [0.05, 0.1) is 33.4 Å². The Kier molecular flexibility index (Phi) is 12.6. The van der Waals surface area contributed by atoms with Crippen molar-refractivity contribution < 1.29 is 0 Å². The molecule has 0 aliphatic carbocycles. The van der Waals surface area contributed by atoms with Crippen LogP contribution < -0.4 is 0 Å². The molecule has 0 aliphatic heterocycles. The summed E-state index contributed by atoms with van der Waals surface area (Å²) in [6.07, 6.45) is 0. The second-order valence-corrected chi connectivity index (χ2v) is 23.1. The number of nitriles is 1. The van der Waals surface area contributed by atoms with Crippen molar-refractivity contribution in [3.05, 3.63) is 268 Å². The van der Waals surface area contributed by atoms with Crippen molar-refractivity contribution in [2.45, 2.75) is 55.4 Å². The zero-order chi connectivity index (χ0) is 57.5. The molecule has 0 saturated heterocycles. The number of rotatable bonds is 9. The minimum Gasteiger partial charge on any atom is -0.308 e. The zero-order valence-corrected chi connectivity index (χ0v) is 48.5. The van der Waals surface area contributed by atoms with E-state index < -0.39 is 0 Å². The Balaban J connectivity index is 1.11. The summed E-state index contributed by atoms with van der Waals surface area (Å²) >= 11 is 0. The maximum absolute atomic E-state index is 12.2. The first-order valence-electron chi connectivity index (χ1n) is 28.8. The predicted molar refractivity (Wildman–Crippen MR) is 349 cm³/mol. The van der Waals surface area contributed by atoms with Crippen LogP contribution in [0.2, 0.25) is 0 Å². The second-order valence-electron chi connectivity index (χ2n) is 23.1. The molecule has 0 unspecified atom stereocenters. The van der Waals surface area contributed by atoms with Crippen molar-refractivity contribution in [3.8, 4) is 96.1 Å². The molecule has 11 aromatic carbocycles. The van der Waals surface area contributed by atoms with E-state index in [2.05, 4.69) is 228 Å². The van der Waals surface area contributed by atoms with Crippen LogP contribution in [0.1, 0.15) is 50.1 Å². The van der Waals surface area contributed by atoms with Crippen LogP contribution in [0.15, 0.2) is 218 Å². The van der Waals surface area contributed by atoms with Gasteiger partial charge in [-0.3, -0.25) is 0 Å². The maximum Gasteiger partial charge on any atom is 0.164 e. The Morgan fingerprint density at radius 1 is 0.262 bits per heavy atom. The minimum atomic E-state index is 0.486. The van der Waals surface area contributed by atoms with Crippen LogP contribution in [0.3, 0.4) is 0 Å². The van der Waals surface area contributed by atoms with E-state index in [9.17, 15) is 5.26 Å². The van der Waals surface area contributed by atoms with E-state index in [0.717, 1.165) is 105 Å². The molecule has 84 heavy (non-hydrogen) atoms. The van der Waals surface area contributed by atoms with E-state index >= 15 is 0 Å². The molecule has 0 bridgehead atoms. The van der Waals surface area contributed by atoms with E-state index in [4.69, 9.17) is 15.0 Å². The third-order valence-corrected chi connectivity index (χ3v) is 16.4. The van der Waals surface area contributed by atoms with Gasteiger partial charge in [0.2, 0.25) is 0 Å². The molecule has 0 saturated carbocycles. The number of hydrogen-bond acceptors (Lipinski definition) is 4. The number of aromatic nitrogens is 5. The first-order valence-corrected chi connectivity index (χ1v) is 28.8. The van der Waals surface area contributed by atoms with Gasteiger partial charge in [0.15, 0.2) is 17.5 Å². The van der Waals surface area contributed by atoms with Gasteiger partial charge in [0, 0.05) is 38.2 Å². The summed E-state index contributed by atoms with van der Waals surface area (Å²) in [5.41, 5.74) is 27.1. The van der Waals surface area contributed by atoms with Crippen LogP contribution in [0, 0.1) is 66.7 Å². The highest BCUT2D eigenvalue weighted by atomic mass is 15.1. The van der Waals surface area contributed by atoms with E-state index in [-0.39, 0.29) is 0 Å². The van der Waals surface area contributed by atoms with Crippen LogP contribution >= 0.6 is 0 Å². The molecule has 0 N–H and O–H groups in total. The molecule has 0 radical (unpaired) electrons. The molecule has 0 spiro atoms. The van der Waals surface area contributed by atoms with E-state index in [1.165, 1.54) is 44.5 Å². The Hall–Kier alpha value is -10.5. The van der Waals surface area contributed by atoms with Gasteiger partial charge in [0.1, 0.15) is 11.6 Å². The van der Waals surface area contributed by atoms with Gasteiger partial charge in [-0.1, -0.05) is 202 Å². The highest BCUT2D eigenvalue weighted by Crippen LogP contribution is 2.44. The first-order chi connectivity index (χ1) is 40.8. The Bertz CT molecular complexity index is 4450. The van der Waals surface area contributed by atoms with Gasteiger partial charge in [0.25, 0.3) is 0 Å². The lowest BCUT2D eigenvalue weighted by Gasteiger charge is -2.18. The van der Waals surface area contributed by atoms with E-state index in [0.29, 0.717) is 34.4 Å². The molecule has 0 amide bonds. The maximum atomic E-state index is 12.2. The molecule has 0 fully saturated rings. The highest BCUT2D eigenvalue weighted by Gasteiger charge is 2.26. The molecule has 3 aromatic heterocycles. The molecule has 6 nitrogen and oxygen atoms in total. The third-order valence-electron chi connectivity index (χ3n) is 16.4. The number of nitrogens with zero attached hydrogens (tertiary/aromatic N) is 6. The normalized spacial score (nSPS) is 11.6. The van der Waals surface area contributed by atoms with Gasteiger partial charge in [-0.05, 0) is 161 Å². The van der Waals surface area contributed by atoms with Crippen LogP contribution in [0.25, 0.3) is 134 Å². The molecular formula is C78H60N6. The van der Waals surface area contributed by atoms with Crippen molar-refractivity contribution in [3.63, 3.8) is 0 Å². The standard InChI is InChI=1S/C78H60N6/c1-46-27-47(2)32-60(31-46)56-19-23-70-65(39-56)66-40-57(61-33-48(3)28-49(4)34-61)20-24-71(66)83(70)74-43-64(78-81-76(54-15-11-9-12-16-54)80-77(82-78)55-17-13-10-14-18-55)44-75(69(74)45-79)84-72-25-21-58(62-35-50(5)29-51(6)36-62)41-67(72)68-42-59(22-26-73(68)84)63-37-52(7)30-53(8)38-63/h9-44H,1-8H3. The van der Waals surface area contributed by atoms with E-state index in [1.54, 1.807) is 0 Å². The fourth-order valence-electron chi connectivity index (χ4n) is 13.0. The van der Waals surface area contributed by atoms with Crippen molar-refractivity contribution in [2.24, 2.45) is 0 Å². The summed E-state index contributed by atoms with van der Waals surface area (Å²) in [6, 6.07) is 81.5. The fraction of sp³-hybridized carbons (Fsp3) is 0.103. The van der Waals surface area contributed by atoms with Crippen LogP contribution in [-0.4, -0.2) is 24.1 Å². The summed E-state index contributed by atoms with van der Waals surface area (Å²) < 4.78 is 4.60. The number of fused-ring (bicyclic) bond motifs is 6. The van der Waals surface area contributed by atoms with Gasteiger partial charge >= 0.3 is 0 Å². The second kappa shape index (κ2) is 20.5. The number of hydrogen-bond donors (Lipinski definition) is 0. The van der Waals surface area contributed by atoms with Crippen molar-refractivity contribution in [1.29, 1.82) is 5.26 Å². The molecule has 3 heterocycles. The van der Waals surface area contributed by atoms with Crippen LogP contribution in [0.5, 0.6) is 0 Å². The van der Waals surface area contributed by atoms with Gasteiger partial charge in [-0.2, -0.15) is 5.26 Å². The van der Waals surface area contributed by atoms with Gasteiger partial charge < -0.3 is 9.13 Å². The quantitative estimate of drug-likeness (QED) is 0.144. The lowest BCUT2D eigenvalue weighted by molar-refractivity contribution is 1.06. The van der Waals surface area contributed by atoms with Gasteiger partial charge in [-0.25, -0.2) is 15.0 Å². The fourth-order valence-corrected chi connectivity index (χ4v) is 13.0. The molecule has 0 atom stereocenters. The molecule has 14 rings (SSSR count). The molecule has 0 aliphatic rings. The lowest BCUT2D eigenvalue weighted by atomic mass is 9.97. The monoisotopic (exact) mass is 1080 g/mol. The van der Waals surface area contributed by atoms with Gasteiger partial charge in [-0.15, -0.1) is 0 Å². The SMILES string of the molecule is Cc1cc(C)cc(-c2ccc3c(c2)c2cc(-c4cc(C)cc(C)c4)ccc2n3-c2cc(-c3nc(-c4ccccc4)nc(-c4ccccc4)n3)cc(-n3c4ccc(-c5cc(C)cc(C)c5)cc4c4cc(-c5cc(C)cc(C)c5)ccc43)c2C#N)c1.